The van der Waals surface area contributed by atoms with Crippen LogP contribution in [0.2, 0.25) is 0 Å². The summed E-state index contributed by atoms with van der Waals surface area (Å²) in [4.78, 5) is 22.3. The highest BCUT2D eigenvalue weighted by atomic mass is 79.9. The van der Waals surface area contributed by atoms with Gasteiger partial charge in [0.25, 0.3) is 0 Å². The van der Waals surface area contributed by atoms with E-state index in [2.05, 4.69) is 63.3 Å². The van der Waals surface area contributed by atoms with Crippen molar-refractivity contribution in [2.45, 2.75) is 32.6 Å². The number of fused-ring (bicyclic) bond motifs is 3. The molecule has 4 nitrogen and oxygen atoms in total. The van der Waals surface area contributed by atoms with Gasteiger partial charge in [-0.25, -0.2) is 4.98 Å². The number of nitrogens with one attached hydrogen (secondary N) is 1. The first kappa shape index (κ1) is 17.6. The van der Waals surface area contributed by atoms with Crippen LogP contribution >= 0.6 is 15.9 Å². The van der Waals surface area contributed by atoms with Gasteiger partial charge in [0.05, 0.1) is 5.52 Å². The Bertz CT molecular complexity index is 1150. The minimum Gasteiger partial charge on any atom is -0.358 e. The third-order valence-electron chi connectivity index (χ3n) is 5.69. The zero-order chi connectivity index (χ0) is 19.5. The summed E-state index contributed by atoms with van der Waals surface area (Å²) in [5.74, 6) is 0.0848. The molecular formula is C23H20BrN3O. The van der Waals surface area contributed by atoms with Crippen molar-refractivity contribution in [3.63, 3.8) is 0 Å². The molecule has 1 atom stereocenters. The van der Waals surface area contributed by atoms with E-state index in [1.54, 1.807) is 6.20 Å². The van der Waals surface area contributed by atoms with Crippen molar-refractivity contribution in [1.29, 1.82) is 0 Å². The maximum Gasteiger partial charge on any atom is 0.162 e. The summed E-state index contributed by atoms with van der Waals surface area (Å²) in [5.41, 5.74) is 6.02. The number of allylic oxidation sites excluding steroid dienone is 2. The number of aromatic nitrogens is 2. The molecule has 1 aromatic carbocycles. The van der Waals surface area contributed by atoms with Crippen molar-refractivity contribution in [3.8, 4) is 0 Å². The number of rotatable bonds is 1. The Morgan fingerprint density at radius 1 is 1.11 bits per heavy atom. The van der Waals surface area contributed by atoms with Gasteiger partial charge in [-0.1, -0.05) is 26.0 Å². The van der Waals surface area contributed by atoms with Crippen LogP contribution in [0.1, 0.15) is 43.7 Å². The normalized spacial score (nSPS) is 20.5. The van der Waals surface area contributed by atoms with E-state index in [1.165, 1.54) is 0 Å². The molecule has 0 saturated heterocycles. The number of ketones is 1. The highest BCUT2D eigenvalue weighted by Crippen LogP contribution is 2.50. The SMILES string of the molecule is CC1(C)CC(=O)C2=C(C1)Nc1ccc3ncccc3c1C2c1ccc(Br)nc1. The van der Waals surface area contributed by atoms with E-state index in [4.69, 9.17) is 0 Å². The smallest absolute Gasteiger partial charge is 0.162 e. The molecule has 3 aromatic rings. The molecule has 2 aromatic heterocycles. The molecule has 0 spiro atoms. The van der Waals surface area contributed by atoms with Gasteiger partial charge in [0.1, 0.15) is 4.60 Å². The van der Waals surface area contributed by atoms with Gasteiger partial charge in [-0.3, -0.25) is 9.78 Å². The minimum atomic E-state index is -0.136. The summed E-state index contributed by atoms with van der Waals surface area (Å²) in [5, 5.41) is 4.66. The minimum absolute atomic E-state index is 0.0403. The fourth-order valence-electron chi connectivity index (χ4n) is 4.57. The maximum atomic E-state index is 13.3. The van der Waals surface area contributed by atoms with Crippen LogP contribution in [0, 0.1) is 5.41 Å². The second-order valence-electron chi connectivity index (χ2n) is 8.40. The highest BCUT2D eigenvalue weighted by Gasteiger charge is 2.41. The number of carbonyl (C=O) groups is 1. The van der Waals surface area contributed by atoms with Crippen LogP contribution in [-0.4, -0.2) is 15.8 Å². The molecule has 28 heavy (non-hydrogen) atoms. The zero-order valence-electron chi connectivity index (χ0n) is 15.8. The van der Waals surface area contributed by atoms with Crippen LogP contribution in [-0.2, 0) is 4.79 Å². The van der Waals surface area contributed by atoms with Gasteiger partial charge in [0.2, 0.25) is 0 Å². The van der Waals surface area contributed by atoms with Gasteiger partial charge in [-0.05, 0) is 63.2 Å². The standard InChI is InChI=1S/C23H20BrN3O/c1-23(2)10-17-22(18(28)11-23)20(13-5-8-19(24)26-12-13)21-14-4-3-9-25-15(14)6-7-16(21)27-17/h3-9,12,20,27H,10-11H2,1-2H3. The second-order valence-corrected chi connectivity index (χ2v) is 9.21. The van der Waals surface area contributed by atoms with E-state index in [1.807, 2.05) is 24.4 Å². The molecule has 3 heterocycles. The lowest BCUT2D eigenvalue weighted by atomic mass is 9.68. The third kappa shape index (κ3) is 2.76. The molecule has 2 aliphatic rings. The average Bonchev–Trinajstić information content (AvgIpc) is 2.66. The van der Waals surface area contributed by atoms with Gasteiger partial charge in [-0.2, -0.15) is 0 Å². The van der Waals surface area contributed by atoms with Gasteiger partial charge >= 0.3 is 0 Å². The van der Waals surface area contributed by atoms with Crippen LogP contribution < -0.4 is 5.32 Å². The summed E-state index contributed by atoms with van der Waals surface area (Å²) < 4.78 is 0.787. The summed E-state index contributed by atoms with van der Waals surface area (Å²) in [6, 6.07) is 12.2. The number of carbonyl (C=O) groups excluding carboxylic acids is 1. The average molecular weight is 434 g/mol. The largest absolute Gasteiger partial charge is 0.358 e. The fourth-order valence-corrected chi connectivity index (χ4v) is 4.81. The Morgan fingerprint density at radius 2 is 1.96 bits per heavy atom. The number of pyridine rings is 2. The molecular weight excluding hydrogens is 414 g/mol. The van der Waals surface area contributed by atoms with E-state index >= 15 is 0 Å². The van der Waals surface area contributed by atoms with E-state index in [0.717, 1.165) is 50.0 Å². The molecule has 140 valence electrons. The van der Waals surface area contributed by atoms with Crippen LogP contribution in [0.3, 0.4) is 0 Å². The van der Waals surface area contributed by atoms with Crippen molar-refractivity contribution >= 4 is 38.3 Å². The van der Waals surface area contributed by atoms with Crippen molar-refractivity contribution < 1.29 is 4.79 Å². The molecule has 0 bridgehead atoms. The molecule has 0 saturated carbocycles. The summed E-state index contributed by atoms with van der Waals surface area (Å²) in [6.07, 6.45) is 5.10. The molecule has 0 radical (unpaired) electrons. The second kappa shape index (κ2) is 6.24. The first-order chi connectivity index (χ1) is 13.4. The topological polar surface area (TPSA) is 54.9 Å². The van der Waals surface area contributed by atoms with Crippen LogP contribution in [0.25, 0.3) is 10.9 Å². The van der Waals surface area contributed by atoms with Crippen molar-refractivity contribution in [1.82, 2.24) is 9.97 Å². The predicted molar refractivity (Wildman–Crippen MR) is 114 cm³/mol. The van der Waals surface area contributed by atoms with Crippen molar-refractivity contribution in [3.05, 3.63) is 75.8 Å². The van der Waals surface area contributed by atoms with E-state index in [-0.39, 0.29) is 17.1 Å². The molecule has 0 amide bonds. The Labute approximate surface area is 172 Å². The molecule has 5 heteroatoms. The Balaban J connectivity index is 1.81. The van der Waals surface area contributed by atoms with Crippen LogP contribution in [0.15, 0.2) is 64.7 Å². The number of anilines is 1. The Hall–Kier alpha value is -2.53. The number of benzene rings is 1. The van der Waals surface area contributed by atoms with Crippen molar-refractivity contribution in [2.75, 3.05) is 5.32 Å². The molecule has 5 rings (SSSR count). The quantitative estimate of drug-likeness (QED) is 0.507. The fraction of sp³-hybridized carbons (Fsp3) is 0.261. The third-order valence-corrected chi connectivity index (χ3v) is 6.16. The van der Waals surface area contributed by atoms with Gasteiger partial charge < -0.3 is 5.32 Å². The van der Waals surface area contributed by atoms with Gasteiger partial charge in [0.15, 0.2) is 5.78 Å². The molecule has 1 aliphatic carbocycles. The zero-order valence-corrected chi connectivity index (χ0v) is 17.4. The first-order valence-corrected chi connectivity index (χ1v) is 10.2. The molecule has 1 N–H and O–H groups in total. The maximum absolute atomic E-state index is 13.3. The number of hydrogen-bond acceptors (Lipinski definition) is 4. The monoisotopic (exact) mass is 433 g/mol. The van der Waals surface area contributed by atoms with Crippen LogP contribution in [0.4, 0.5) is 5.69 Å². The molecule has 0 fully saturated rings. The summed E-state index contributed by atoms with van der Waals surface area (Å²) >= 11 is 3.42. The lowest BCUT2D eigenvalue weighted by Gasteiger charge is -2.39. The van der Waals surface area contributed by atoms with Crippen LogP contribution in [0.5, 0.6) is 0 Å². The van der Waals surface area contributed by atoms with E-state index in [0.29, 0.717) is 6.42 Å². The van der Waals surface area contributed by atoms with Gasteiger partial charge in [-0.15, -0.1) is 0 Å². The van der Waals surface area contributed by atoms with Crippen molar-refractivity contribution in [2.24, 2.45) is 5.41 Å². The Kier molecular flexibility index (Phi) is 3.91. The lowest BCUT2D eigenvalue weighted by Crippen LogP contribution is -2.34. The summed E-state index contributed by atoms with van der Waals surface area (Å²) in [7, 11) is 0. The highest BCUT2D eigenvalue weighted by molar-refractivity contribution is 9.10. The van der Waals surface area contributed by atoms with E-state index < -0.39 is 0 Å². The first-order valence-electron chi connectivity index (χ1n) is 9.45. The van der Waals surface area contributed by atoms with E-state index in [9.17, 15) is 4.79 Å². The molecule has 1 aliphatic heterocycles. The predicted octanol–water partition coefficient (Wildman–Crippen LogP) is 5.59. The summed E-state index contributed by atoms with van der Waals surface area (Å²) in [6.45, 7) is 4.32. The Morgan fingerprint density at radius 3 is 2.75 bits per heavy atom. The molecule has 1 unspecified atom stereocenters. The van der Waals surface area contributed by atoms with Gasteiger partial charge in [0, 0.05) is 47.1 Å². The number of hydrogen-bond donors (Lipinski definition) is 1. The number of halogens is 1. The number of nitrogens with zero attached hydrogens (tertiary/aromatic N) is 2. The number of Topliss-reactive ketones (excluding diaryl/α,β-unsaturated/α-hetero) is 1. The lowest BCUT2D eigenvalue weighted by molar-refractivity contribution is -0.118.